The monoisotopic (exact) mass is 815 g/mol. The van der Waals surface area contributed by atoms with Gasteiger partial charge >= 0.3 is 7.44 Å². The lowest BCUT2D eigenvalue weighted by molar-refractivity contribution is 0.582. The second-order valence-electron chi connectivity index (χ2n) is 16.9. The summed E-state index contributed by atoms with van der Waals surface area (Å²) in [4.78, 5) is 0. The number of nitrogens with zero attached hydrogens (tertiary/aromatic N) is 3. The standard InChI is InChI=1S/C57H42N3OP/c1-57(2)50-31-19-18-30-46(50)54-55(57)47(40-22-10-4-11-23-40)38-49-48-36-41(39-20-8-3-9-21-39)32-34-51(48)58(56(49)54)44-33-35-52-53(37-44)60(43-26-14-6-15-27-43)62(61,45-28-16-7-17-29-45)59(52)42-24-12-5-13-25-42/h3-38H,1-2H3. The van der Waals surface area contributed by atoms with E-state index in [1.54, 1.807) is 0 Å². The van der Waals surface area contributed by atoms with E-state index in [2.05, 4.69) is 179 Å². The highest BCUT2D eigenvalue weighted by Crippen LogP contribution is 2.70. The minimum absolute atomic E-state index is 0.262. The summed E-state index contributed by atoms with van der Waals surface area (Å²) in [7, 11) is -3.56. The van der Waals surface area contributed by atoms with Crippen LogP contribution in [0.25, 0.3) is 60.9 Å². The first-order valence-electron chi connectivity index (χ1n) is 21.3. The number of para-hydroxylation sites is 2. The molecule has 0 saturated carbocycles. The summed E-state index contributed by atoms with van der Waals surface area (Å²) in [6.45, 7) is 4.76. The summed E-state index contributed by atoms with van der Waals surface area (Å²) in [6.07, 6.45) is 0. The highest BCUT2D eigenvalue weighted by Gasteiger charge is 2.49. The van der Waals surface area contributed by atoms with Crippen molar-refractivity contribution < 1.29 is 4.57 Å². The zero-order valence-electron chi connectivity index (χ0n) is 34.5. The maximum Gasteiger partial charge on any atom is 0.301 e. The van der Waals surface area contributed by atoms with Crippen molar-refractivity contribution in [1.82, 2.24) is 4.57 Å². The number of benzene rings is 9. The van der Waals surface area contributed by atoms with Crippen LogP contribution in [0, 0.1) is 0 Å². The third-order valence-corrected chi connectivity index (χ3v) is 16.0. The van der Waals surface area contributed by atoms with E-state index in [0.717, 1.165) is 39.3 Å². The quantitative estimate of drug-likeness (QED) is 0.157. The molecule has 5 heteroatoms. The van der Waals surface area contributed by atoms with Crippen LogP contribution in [-0.4, -0.2) is 4.57 Å². The Kier molecular flexibility index (Phi) is 8.13. The summed E-state index contributed by atoms with van der Waals surface area (Å²) >= 11 is 0. The highest BCUT2D eigenvalue weighted by molar-refractivity contribution is 7.76. The van der Waals surface area contributed by atoms with Crippen molar-refractivity contribution >= 4 is 57.3 Å². The first-order valence-corrected chi connectivity index (χ1v) is 22.9. The molecule has 1 aliphatic carbocycles. The minimum atomic E-state index is -3.56. The van der Waals surface area contributed by atoms with Crippen LogP contribution in [-0.2, 0) is 9.98 Å². The first-order chi connectivity index (χ1) is 30.4. The molecule has 2 aliphatic rings. The average molecular weight is 816 g/mol. The Balaban J connectivity index is 1.21. The van der Waals surface area contributed by atoms with E-state index in [1.807, 2.05) is 66.7 Å². The molecule has 10 aromatic rings. The zero-order chi connectivity index (χ0) is 41.6. The predicted octanol–water partition coefficient (Wildman–Crippen LogP) is 15.2. The number of rotatable bonds is 6. The van der Waals surface area contributed by atoms with Crippen molar-refractivity contribution in [2.75, 3.05) is 9.34 Å². The van der Waals surface area contributed by atoms with Gasteiger partial charge in [0.05, 0.1) is 27.7 Å². The van der Waals surface area contributed by atoms with Gasteiger partial charge in [0, 0.05) is 38.8 Å². The molecular formula is C57H42N3OP. The van der Waals surface area contributed by atoms with Crippen LogP contribution in [0.3, 0.4) is 0 Å². The molecule has 0 amide bonds. The lowest BCUT2D eigenvalue weighted by atomic mass is 9.78. The molecular weight excluding hydrogens is 774 g/mol. The van der Waals surface area contributed by atoms with Crippen LogP contribution in [0.15, 0.2) is 218 Å². The molecule has 0 bridgehead atoms. The molecule has 9 aromatic carbocycles. The minimum Gasteiger partial charge on any atom is -0.309 e. The van der Waals surface area contributed by atoms with Gasteiger partial charge in [-0.2, -0.15) is 0 Å². The molecule has 0 fully saturated rings. The van der Waals surface area contributed by atoms with E-state index < -0.39 is 7.44 Å². The van der Waals surface area contributed by atoms with Crippen LogP contribution in [0.5, 0.6) is 0 Å². The molecule has 1 unspecified atom stereocenters. The van der Waals surface area contributed by atoms with Gasteiger partial charge in [0.1, 0.15) is 0 Å². The third-order valence-electron chi connectivity index (χ3n) is 13.0. The molecule has 0 spiro atoms. The first kappa shape index (κ1) is 36.5. The molecule has 12 rings (SSSR count). The van der Waals surface area contributed by atoms with Crippen LogP contribution < -0.4 is 14.6 Å². The molecule has 0 saturated heterocycles. The van der Waals surface area contributed by atoms with E-state index in [4.69, 9.17) is 0 Å². The summed E-state index contributed by atoms with van der Waals surface area (Å²) in [5.41, 5.74) is 16.6. The molecule has 0 N–H and O–H groups in total. The number of anilines is 4. The largest absolute Gasteiger partial charge is 0.309 e. The van der Waals surface area contributed by atoms with Gasteiger partial charge in [0.2, 0.25) is 0 Å². The number of hydrogen-bond acceptors (Lipinski definition) is 1. The van der Waals surface area contributed by atoms with Gasteiger partial charge in [0.25, 0.3) is 0 Å². The Morgan fingerprint density at radius 1 is 0.435 bits per heavy atom. The molecule has 1 atom stereocenters. The van der Waals surface area contributed by atoms with Crippen LogP contribution in [0.2, 0.25) is 0 Å². The van der Waals surface area contributed by atoms with Crippen molar-refractivity contribution in [3.63, 3.8) is 0 Å². The van der Waals surface area contributed by atoms with Gasteiger partial charge in [-0.25, -0.2) is 0 Å². The van der Waals surface area contributed by atoms with Gasteiger partial charge < -0.3 is 4.57 Å². The topological polar surface area (TPSA) is 28.5 Å². The van der Waals surface area contributed by atoms with Crippen LogP contribution >= 0.6 is 7.44 Å². The fraction of sp³-hybridized carbons (Fsp3) is 0.0526. The van der Waals surface area contributed by atoms with E-state index in [0.29, 0.717) is 0 Å². The Morgan fingerprint density at radius 3 is 1.66 bits per heavy atom. The maximum absolute atomic E-state index is 16.5. The predicted molar refractivity (Wildman–Crippen MR) is 260 cm³/mol. The Bertz CT molecular complexity index is 3400. The van der Waals surface area contributed by atoms with Crippen molar-refractivity contribution in [2.24, 2.45) is 0 Å². The summed E-state index contributed by atoms with van der Waals surface area (Å²) in [5.74, 6) is 0. The molecule has 2 heterocycles. The van der Waals surface area contributed by atoms with Gasteiger partial charge in [-0.1, -0.05) is 159 Å². The summed E-state index contributed by atoms with van der Waals surface area (Å²) in [6, 6.07) is 77.0. The summed E-state index contributed by atoms with van der Waals surface area (Å²) in [5, 5.41) is 3.15. The van der Waals surface area contributed by atoms with E-state index in [1.165, 1.54) is 60.8 Å². The fourth-order valence-electron chi connectivity index (χ4n) is 10.4. The van der Waals surface area contributed by atoms with Gasteiger partial charge in [-0.05, 0) is 112 Å². The van der Waals surface area contributed by atoms with Crippen molar-refractivity contribution in [3.8, 4) is 39.1 Å². The van der Waals surface area contributed by atoms with Gasteiger partial charge in [-0.3, -0.25) is 13.9 Å². The smallest absolute Gasteiger partial charge is 0.301 e. The second-order valence-corrected chi connectivity index (χ2v) is 19.3. The fourth-order valence-corrected chi connectivity index (χ4v) is 13.4. The Hall–Kier alpha value is -7.39. The second kappa shape index (κ2) is 13.8. The van der Waals surface area contributed by atoms with Crippen LogP contribution in [0.4, 0.5) is 22.7 Å². The summed E-state index contributed by atoms with van der Waals surface area (Å²) < 4.78 is 23.2. The highest BCUT2D eigenvalue weighted by atomic mass is 31.2. The van der Waals surface area contributed by atoms with E-state index in [-0.39, 0.29) is 5.41 Å². The number of aromatic nitrogens is 1. The van der Waals surface area contributed by atoms with E-state index >= 15 is 4.57 Å². The Morgan fingerprint density at radius 2 is 1.00 bits per heavy atom. The molecule has 296 valence electrons. The maximum atomic E-state index is 16.5. The molecule has 1 aromatic heterocycles. The van der Waals surface area contributed by atoms with Crippen molar-refractivity contribution in [3.05, 3.63) is 230 Å². The zero-order valence-corrected chi connectivity index (χ0v) is 35.4. The normalized spacial score (nSPS) is 16.1. The number of fused-ring (bicyclic) bond motifs is 8. The van der Waals surface area contributed by atoms with Crippen molar-refractivity contribution in [1.29, 1.82) is 0 Å². The van der Waals surface area contributed by atoms with Gasteiger partial charge in [0.15, 0.2) is 0 Å². The Labute approximate surface area is 362 Å². The molecule has 62 heavy (non-hydrogen) atoms. The van der Waals surface area contributed by atoms with Crippen molar-refractivity contribution in [2.45, 2.75) is 19.3 Å². The number of hydrogen-bond donors (Lipinski definition) is 0. The molecule has 1 aliphatic heterocycles. The molecule has 0 radical (unpaired) electrons. The third kappa shape index (κ3) is 5.23. The lowest BCUT2D eigenvalue weighted by Crippen LogP contribution is -2.26. The van der Waals surface area contributed by atoms with Gasteiger partial charge in [-0.15, -0.1) is 0 Å². The van der Waals surface area contributed by atoms with Crippen LogP contribution in [0.1, 0.15) is 25.0 Å². The average Bonchev–Trinajstić information content (AvgIpc) is 3.89. The SMILES string of the molecule is CC1(C)c2ccccc2-c2c1c(-c1ccccc1)cc1c3cc(-c4ccccc4)ccc3n(-c3ccc4c(c3)N(c3ccccc3)P(=O)(c3ccccc3)N4c3ccccc3)c21. The van der Waals surface area contributed by atoms with E-state index in [9.17, 15) is 0 Å². The molecule has 4 nitrogen and oxygen atoms in total. The lowest BCUT2D eigenvalue weighted by Gasteiger charge is -2.33.